The number of ether oxygens (including phenoxy) is 2. The lowest BCUT2D eigenvalue weighted by molar-refractivity contribution is -0.600. The molecule has 0 radical (unpaired) electrons. The molecule has 0 saturated heterocycles. The minimum atomic E-state index is -4.05. The lowest BCUT2D eigenvalue weighted by Gasteiger charge is -2.35. The lowest BCUT2D eigenvalue weighted by Crippen LogP contribution is -2.63. The molecule has 0 spiro atoms. The largest absolute Gasteiger partial charge is 0.433 e. The second-order valence-corrected chi connectivity index (χ2v) is 5.77. The van der Waals surface area contributed by atoms with Crippen molar-refractivity contribution in [3.63, 3.8) is 0 Å². The fourth-order valence-electron chi connectivity index (χ4n) is 1.51. The van der Waals surface area contributed by atoms with Gasteiger partial charge in [0.1, 0.15) is 5.75 Å². The molecule has 9 heteroatoms. The van der Waals surface area contributed by atoms with E-state index in [4.69, 9.17) is 15.3 Å². The van der Waals surface area contributed by atoms with Crippen molar-refractivity contribution in [1.82, 2.24) is 0 Å². The number of hydrogen-bond donors (Lipinski definition) is 7. The van der Waals surface area contributed by atoms with Gasteiger partial charge in [-0.2, -0.15) is 0 Å². The molecule has 0 unspecified atom stereocenters. The fourth-order valence-corrected chi connectivity index (χ4v) is 1.51. The third-order valence-corrected chi connectivity index (χ3v) is 2.68. The third kappa shape index (κ3) is 4.87. The summed E-state index contributed by atoms with van der Waals surface area (Å²) in [5.74, 6) is -8.04. The van der Waals surface area contributed by atoms with Crippen molar-refractivity contribution in [3.8, 4) is 5.75 Å². The van der Waals surface area contributed by atoms with Crippen LogP contribution in [0.3, 0.4) is 0 Å². The minimum absolute atomic E-state index is 0.168. The molecule has 0 amide bonds. The van der Waals surface area contributed by atoms with Gasteiger partial charge in [-0.25, -0.2) is 4.74 Å². The van der Waals surface area contributed by atoms with Crippen LogP contribution in [0.5, 0.6) is 5.75 Å². The van der Waals surface area contributed by atoms with Crippen LogP contribution in [0.2, 0.25) is 0 Å². The van der Waals surface area contributed by atoms with E-state index in [0.29, 0.717) is 0 Å². The molecule has 0 aliphatic rings. The van der Waals surface area contributed by atoms with Crippen molar-refractivity contribution < 1.29 is 45.2 Å². The molecular formula is C13H20O9. The van der Waals surface area contributed by atoms with E-state index < -0.39 is 18.1 Å². The topological polar surface area (TPSA) is 160 Å². The highest BCUT2D eigenvalue weighted by atomic mass is 17.0. The molecule has 0 atom stereocenters. The van der Waals surface area contributed by atoms with E-state index in [1.165, 1.54) is 12.1 Å². The zero-order valence-corrected chi connectivity index (χ0v) is 12.3. The van der Waals surface area contributed by atoms with Gasteiger partial charge in [0.25, 0.3) is 0 Å². The summed E-state index contributed by atoms with van der Waals surface area (Å²) in [6.45, 7) is 5.86. The molecule has 9 nitrogen and oxygen atoms in total. The predicted molar refractivity (Wildman–Crippen MR) is 70.6 cm³/mol. The summed E-state index contributed by atoms with van der Waals surface area (Å²) in [4.78, 5) is 0. The van der Waals surface area contributed by atoms with Gasteiger partial charge in [0.2, 0.25) is 0 Å². The molecule has 1 aromatic rings. The van der Waals surface area contributed by atoms with Gasteiger partial charge in [0, 0.05) is 0 Å². The molecule has 0 bridgehead atoms. The van der Waals surface area contributed by atoms with Gasteiger partial charge < -0.3 is 40.5 Å². The highest BCUT2D eigenvalue weighted by molar-refractivity contribution is 5.31. The van der Waals surface area contributed by atoms with Crippen molar-refractivity contribution in [2.75, 3.05) is 0 Å². The fraction of sp³-hybridized carbons (Fsp3) is 0.538. The molecule has 0 fully saturated rings. The molecule has 126 valence electrons. The quantitative estimate of drug-likeness (QED) is 0.312. The highest BCUT2D eigenvalue weighted by Crippen LogP contribution is 2.28. The molecule has 7 N–H and O–H groups in total. The summed E-state index contributed by atoms with van der Waals surface area (Å²) in [6.07, 6.45) is -4.03. The number of rotatable bonds is 5. The maximum absolute atomic E-state index is 9.46. The summed E-state index contributed by atoms with van der Waals surface area (Å²) in [7, 11) is 0. The summed E-state index contributed by atoms with van der Waals surface area (Å²) < 4.78 is 8.03. The summed E-state index contributed by atoms with van der Waals surface area (Å²) in [5, 5.41) is 62.9. The molecule has 0 heterocycles. The predicted octanol–water partition coefficient (Wildman–Crippen LogP) is -1.76. The van der Waals surface area contributed by atoms with Crippen molar-refractivity contribution in [2.45, 2.75) is 44.3 Å². The zero-order chi connectivity index (χ0) is 17.4. The third-order valence-electron chi connectivity index (χ3n) is 2.68. The normalized spacial score (nSPS) is 14.1. The molecule has 22 heavy (non-hydrogen) atoms. The Bertz CT molecular complexity index is 494. The first-order valence-electron chi connectivity index (χ1n) is 6.20. The zero-order valence-electron chi connectivity index (χ0n) is 12.3. The van der Waals surface area contributed by atoms with Crippen LogP contribution in [0.4, 0.5) is 0 Å². The molecule has 0 aliphatic carbocycles. The Morgan fingerprint density at radius 2 is 1.18 bits per heavy atom. The molecule has 0 saturated carbocycles. The van der Waals surface area contributed by atoms with Gasteiger partial charge in [0.05, 0.1) is 0 Å². The van der Waals surface area contributed by atoms with E-state index in [-0.39, 0.29) is 11.2 Å². The first kappa shape index (κ1) is 18.7. The lowest BCUT2D eigenvalue weighted by atomic mass is 9.87. The second-order valence-electron chi connectivity index (χ2n) is 5.77. The first-order chi connectivity index (χ1) is 9.64. The monoisotopic (exact) mass is 320 g/mol. The number of aliphatic hydroxyl groups is 7. The SMILES string of the molecule is CC(C)(C)c1ccc(OC(O)(O)C(O)(O)OC(O)(O)O)cc1. The van der Waals surface area contributed by atoms with Crippen molar-refractivity contribution in [2.24, 2.45) is 0 Å². The Morgan fingerprint density at radius 3 is 1.55 bits per heavy atom. The van der Waals surface area contributed by atoms with Crippen LogP contribution in [0.15, 0.2) is 24.3 Å². The average Bonchev–Trinajstić information content (AvgIpc) is 2.24. The van der Waals surface area contributed by atoms with Gasteiger partial charge >= 0.3 is 18.1 Å². The van der Waals surface area contributed by atoms with Crippen LogP contribution in [-0.4, -0.2) is 53.9 Å². The van der Waals surface area contributed by atoms with Crippen LogP contribution in [0, 0.1) is 0 Å². The average molecular weight is 320 g/mol. The molecule has 0 aromatic heterocycles. The van der Waals surface area contributed by atoms with E-state index >= 15 is 0 Å². The van der Waals surface area contributed by atoms with Crippen molar-refractivity contribution in [3.05, 3.63) is 29.8 Å². The molecule has 1 aromatic carbocycles. The molecule has 1 rings (SSSR count). The summed E-state index contributed by atoms with van der Waals surface area (Å²) in [5.41, 5.74) is 0.732. The maximum Gasteiger partial charge on any atom is 0.409 e. The highest BCUT2D eigenvalue weighted by Gasteiger charge is 2.57. The van der Waals surface area contributed by atoms with Crippen LogP contribution in [0.25, 0.3) is 0 Å². The number of benzene rings is 1. The van der Waals surface area contributed by atoms with E-state index in [1.54, 1.807) is 12.1 Å². The first-order valence-corrected chi connectivity index (χ1v) is 6.20. The molecule has 0 aliphatic heterocycles. The summed E-state index contributed by atoms with van der Waals surface area (Å²) in [6, 6.07) is 5.86. The van der Waals surface area contributed by atoms with Crippen molar-refractivity contribution >= 4 is 0 Å². The van der Waals surface area contributed by atoms with Crippen LogP contribution < -0.4 is 4.74 Å². The van der Waals surface area contributed by atoms with Gasteiger partial charge in [0.15, 0.2) is 0 Å². The Morgan fingerprint density at radius 1 is 0.727 bits per heavy atom. The van der Waals surface area contributed by atoms with Crippen molar-refractivity contribution in [1.29, 1.82) is 0 Å². The smallest absolute Gasteiger partial charge is 0.409 e. The van der Waals surface area contributed by atoms with Crippen LogP contribution in [-0.2, 0) is 10.2 Å². The Hall–Kier alpha value is -1.30. The Balaban J connectivity index is 2.92. The van der Waals surface area contributed by atoms with Crippen LogP contribution in [0.1, 0.15) is 26.3 Å². The van der Waals surface area contributed by atoms with Gasteiger partial charge in [-0.05, 0) is 23.1 Å². The van der Waals surface area contributed by atoms with E-state index in [1.807, 2.05) is 20.8 Å². The molecular weight excluding hydrogens is 300 g/mol. The standard InChI is InChI=1S/C13H20O9/c1-10(2,3)8-4-6-9(7-5-8)21-11(14,15)12(16,17)22-13(18,19)20/h4-7,14-20H,1-3H3. The minimum Gasteiger partial charge on any atom is -0.433 e. The second kappa shape index (κ2) is 5.72. The Kier molecular flexibility index (Phi) is 4.88. The maximum atomic E-state index is 9.46. The summed E-state index contributed by atoms with van der Waals surface area (Å²) >= 11 is 0. The van der Waals surface area contributed by atoms with Gasteiger partial charge in [-0.1, -0.05) is 32.9 Å². The van der Waals surface area contributed by atoms with Gasteiger partial charge in [-0.3, -0.25) is 0 Å². The van der Waals surface area contributed by atoms with E-state index in [0.717, 1.165) is 5.56 Å². The van der Waals surface area contributed by atoms with Crippen LogP contribution >= 0.6 is 0 Å². The van der Waals surface area contributed by atoms with Gasteiger partial charge in [-0.15, -0.1) is 0 Å². The number of hydrogen-bond acceptors (Lipinski definition) is 9. The van der Waals surface area contributed by atoms with E-state index in [9.17, 15) is 20.4 Å². The van der Waals surface area contributed by atoms with E-state index in [2.05, 4.69) is 9.47 Å². The Labute approximate surface area is 126 Å².